The molecule has 1 aliphatic rings. The van der Waals surface area contributed by atoms with Gasteiger partial charge in [-0.25, -0.2) is 0 Å². The second-order valence-corrected chi connectivity index (χ2v) is 4.92. The van der Waals surface area contributed by atoms with Crippen molar-refractivity contribution < 1.29 is 9.84 Å². The Morgan fingerprint density at radius 1 is 1.25 bits per heavy atom. The molecule has 1 aromatic rings. The molecule has 0 amide bonds. The van der Waals surface area contributed by atoms with Crippen LogP contribution in [-0.2, 0) is 4.74 Å². The van der Waals surface area contributed by atoms with Gasteiger partial charge in [-0.3, -0.25) is 4.99 Å². The lowest BCUT2D eigenvalue weighted by Gasteiger charge is -2.24. The summed E-state index contributed by atoms with van der Waals surface area (Å²) in [5, 5.41) is 10.1. The van der Waals surface area contributed by atoms with Crippen LogP contribution in [0, 0.1) is 5.92 Å². The predicted molar refractivity (Wildman–Crippen MR) is 82.4 cm³/mol. The molecular weight excluding hydrogens is 250 g/mol. The quantitative estimate of drug-likeness (QED) is 0.872. The van der Waals surface area contributed by atoms with Crippen LogP contribution in [0.5, 0.6) is 0 Å². The van der Waals surface area contributed by atoms with E-state index in [4.69, 9.17) is 9.73 Å². The minimum Gasteiger partial charge on any atom is -0.511 e. The van der Waals surface area contributed by atoms with Gasteiger partial charge in [0.25, 0.3) is 0 Å². The molecule has 0 fully saturated rings. The summed E-state index contributed by atoms with van der Waals surface area (Å²) < 4.78 is 5.41. The summed E-state index contributed by atoms with van der Waals surface area (Å²) in [6.07, 6.45) is 3.61. The molecule has 1 aliphatic carbocycles. The number of ether oxygens (including phenoxy) is 1. The average Bonchev–Trinajstić information content (AvgIpc) is 2.47. The summed E-state index contributed by atoms with van der Waals surface area (Å²) in [6, 6.07) is 9.82. The molecule has 0 aliphatic heterocycles. The van der Waals surface area contributed by atoms with Crippen LogP contribution in [0.4, 0.5) is 5.69 Å². The van der Waals surface area contributed by atoms with E-state index in [1.54, 1.807) is 13.2 Å². The minimum absolute atomic E-state index is 0.101. The van der Waals surface area contributed by atoms with Gasteiger partial charge < -0.3 is 9.84 Å². The first-order chi connectivity index (χ1) is 9.67. The highest BCUT2D eigenvalue weighted by atomic mass is 16.5. The van der Waals surface area contributed by atoms with Gasteiger partial charge >= 0.3 is 0 Å². The lowest BCUT2D eigenvalue weighted by Crippen LogP contribution is -2.22. The molecule has 1 unspecified atom stereocenters. The minimum atomic E-state index is -0.101. The standard InChI is InChI=1S/C17H21NO2/c1-4-8-14-16(20-3)11-15(19)12(2)17(14)18-13-9-6-5-7-10-13/h5-7,9-12,19H,4,8H2,1-3H3. The van der Waals surface area contributed by atoms with Crippen LogP contribution in [0.15, 0.2) is 58.5 Å². The summed E-state index contributed by atoms with van der Waals surface area (Å²) in [5.41, 5.74) is 2.88. The fourth-order valence-electron chi connectivity index (χ4n) is 2.36. The number of aliphatic hydroxyl groups excluding tert-OH is 1. The van der Waals surface area contributed by atoms with Crippen LogP contribution in [0.2, 0.25) is 0 Å². The third kappa shape index (κ3) is 2.93. The van der Waals surface area contributed by atoms with E-state index >= 15 is 0 Å². The number of hydrogen-bond acceptors (Lipinski definition) is 3. The summed E-state index contributed by atoms with van der Waals surface area (Å²) >= 11 is 0. The molecule has 0 heterocycles. The fourth-order valence-corrected chi connectivity index (χ4v) is 2.36. The normalized spacial score (nSPS) is 21.1. The van der Waals surface area contributed by atoms with Gasteiger partial charge in [0.2, 0.25) is 0 Å². The van der Waals surface area contributed by atoms with Crippen LogP contribution >= 0.6 is 0 Å². The molecule has 1 N–H and O–H groups in total. The Labute approximate surface area is 120 Å². The maximum Gasteiger partial charge on any atom is 0.127 e. The molecule has 20 heavy (non-hydrogen) atoms. The number of methoxy groups -OCH3 is 1. The van der Waals surface area contributed by atoms with E-state index in [0.29, 0.717) is 5.76 Å². The number of aliphatic hydroxyl groups is 1. The van der Waals surface area contributed by atoms with Crippen LogP contribution in [0.25, 0.3) is 0 Å². The molecule has 0 radical (unpaired) electrons. The largest absolute Gasteiger partial charge is 0.511 e. The van der Waals surface area contributed by atoms with Crippen LogP contribution in [0.1, 0.15) is 26.7 Å². The maximum atomic E-state index is 10.1. The lowest BCUT2D eigenvalue weighted by molar-refractivity contribution is 0.290. The second-order valence-electron chi connectivity index (χ2n) is 4.92. The van der Waals surface area contributed by atoms with Crippen molar-refractivity contribution in [3.63, 3.8) is 0 Å². The molecule has 0 bridgehead atoms. The third-order valence-electron chi connectivity index (χ3n) is 3.47. The number of allylic oxidation sites excluding steroid dienone is 3. The van der Waals surface area contributed by atoms with Crippen molar-refractivity contribution in [2.45, 2.75) is 26.7 Å². The van der Waals surface area contributed by atoms with Crippen molar-refractivity contribution in [2.24, 2.45) is 10.9 Å². The topological polar surface area (TPSA) is 41.8 Å². The van der Waals surface area contributed by atoms with Gasteiger partial charge in [-0.2, -0.15) is 0 Å². The zero-order chi connectivity index (χ0) is 14.5. The molecular formula is C17H21NO2. The molecule has 3 nitrogen and oxygen atoms in total. The van der Waals surface area contributed by atoms with Crippen molar-refractivity contribution in [3.8, 4) is 0 Å². The fraction of sp³-hybridized carbons (Fsp3) is 0.353. The van der Waals surface area contributed by atoms with Gasteiger partial charge in [-0.1, -0.05) is 31.5 Å². The van der Waals surface area contributed by atoms with Crippen LogP contribution in [0.3, 0.4) is 0 Å². The highest BCUT2D eigenvalue weighted by Crippen LogP contribution is 2.30. The van der Waals surface area contributed by atoms with Gasteiger partial charge in [0.05, 0.1) is 24.4 Å². The SMILES string of the molecule is CCCC1=C(OC)C=C(O)C(C)C1=Nc1ccccc1. The second kappa shape index (κ2) is 6.42. The smallest absolute Gasteiger partial charge is 0.127 e. The molecule has 106 valence electrons. The Hall–Kier alpha value is -2.03. The summed E-state index contributed by atoms with van der Waals surface area (Å²) in [5.74, 6) is 0.921. The van der Waals surface area contributed by atoms with E-state index in [-0.39, 0.29) is 5.92 Å². The van der Waals surface area contributed by atoms with Crippen molar-refractivity contribution in [1.82, 2.24) is 0 Å². The average molecular weight is 271 g/mol. The van der Waals surface area contributed by atoms with Gasteiger partial charge in [0.1, 0.15) is 11.5 Å². The highest BCUT2D eigenvalue weighted by Gasteiger charge is 2.26. The first-order valence-electron chi connectivity index (χ1n) is 6.99. The lowest BCUT2D eigenvalue weighted by atomic mass is 9.88. The van der Waals surface area contributed by atoms with Crippen molar-refractivity contribution in [3.05, 3.63) is 53.5 Å². The number of aliphatic imine (C=N–C) groups is 1. The Bertz CT molecular complexity index is 556. The van der Waals surface area contributed by atoms with E-state index in [2.05, 4.69) is 6.92 Å². The molecule has 0 aromatic heterocycles. The van der Waals surface area contributed by atoms with Gasteiger partial charge in [-0.05, 0) is 25.5 Å². The summed E-state index contributed by atoms with van der Waals surface area (Å²) in [6.45, 7) is 4.10. The van der Waals surface area contributed by atoms with Crippen LogP contribution in [-0.4, -0.2) is 17.9 Å². The number of benzene rings is 1. The monoisotopic (exact) mass is 271 g/mol. The maximum absolute atomic E-state index is 10.1. The van der Waals surface area contributed by atoms with Gasteiger partial charge in [0, 0.05) is 11.6 Å². The summed E-state index contributed by atoms with van der Waals surface area (Å²) in [4.78, 5) is 4.73. The molecule has 3 heteroatoms. The van der Waals surface area contributed by atoms with E-state index in [9.17, 15) is 5.11 Å². The Morgan fingerprint density at radius 2 is 1.95 bits per heavy atom. The van der Waals surface area contributed by atoms with E-state index in [1.807, 2.05) is 37.3 Å². The summed E-state index contributed by atoms with van der Waals surface area (Å²) in [7, 11) is 1.63. The number of nitrogens with zero attached hydrogens (tertiary/aromatic N) is 1. The van der Waals surface area contributed by atoms with E-state index in [1.165, 1.54) is 0 Å². The number of hydrogen-bond donors (Lipinski definition) is 1. The predicted octanol–water partition coefficient (Wildman–Crippen LogP) is 4.55. The molecule has 0 saturated heterocycles. The zero-order valence-electron chi connectivity index (χ0n) is 12.3. The van der Waals surface area contributed by atoms with E-state index < -0.39 is 0 Å². The molecule has 1 atom stereocenters. The Balaban J connectivity index is 2.50. The number of rotatable bonds is 4. The molecule has 0 saturated carbocycles. The van der Waals surface area contributed by atoms with Crippen molar-refractivity contribution >= 4 is 11.4 Å². The molecule has 0 spiro atoms. The van der Waals surface area contributed by atoms with Gasteiger partial charge in [0.15, 0.2) is 0 Å². The third-order valence-corrected chi connectivity index (χ3v) is 3.47. The molecule has 1 aromatic carbocycles. The number of para-hydroxylation sites is 1. The first kappa shape index (κ1) is 14.4. The van der Waals surface area contributed by atoms with Crippen molar-refractivity contribution in [1.29, 1.82) is 0 Å². The molecule has 2 rings (SSSR count). The van der Waals surface area contributed by atoms with Crippen molar-refractivity contribution in [2.75, 3.05) is 7.11 Å². The van der Waals surface area contributed by atoms with E-state index in [0.717, 1.165) is 35.6 Å². The van der Waals surface area contributed by atoms with Gasteiger partial charge in [-0.15, -0.1) is 0 Å². The highest BCUT2D eigenvalue weighted by molar-refractivity contribution is 6.06. The zero-order valence-corrected chi connectivity index (χ0v) is 12.3. The van der Waals surface area contributed by atoms with Crippen LogP contribution < -0.4 is 0 Å². The first-order valence-corrected chi connectivity index (χ1v) is 6.99. The Morgan fingerprint density at radius 3 is 2.55 bits per heavy atom. The Kier molecular flexibility index (Phi) is 4.61.